The lowest BCUT2D eigenvalue weighted by atomic mass is 9.91. The number of hydrogen-bond acceptors (Lipinski definition) is 1. The van der Waals surface area contributed by atoms with Crippen LogP contribution in [0.2, 0.25) is 0 Å². The summed E-state index contributed by atoms with van der Waals surface area (Å²) < 4.78 is 8.72. The summed E-state index contributed by atoms with van der Waals surface area (Å²) in [7, 11) is 0. The molecule has 0 aliphatic carbocycles. The van der Waals surface area contributed by atoms with Gasteiger partial charge in [0.1, 0.15) is 11.2 Å². The van der Waals surface area contributed by atoms with Crippen LogP contribution in [0.4, 0.5) is 0 Å². The van der Waals surface area contributed by atoms with Gasteiger partial charge in [0, 0.05) is 27.1 Å². The first-order valence-corrected chi connectivity index (χ1v) is 15.0. The summed E-state index contributed by atoms with van der Waals surface area (Å²) in [6, 6.07) is 58.5. The first kappa shape index (κ1) is 24.7. The maximum Gasteiger partial charge on any atom is 0.136 e. The number of para-hydroxylation sites is 3. The van der Waals surface area contributed by atoms with E-state index in [-0.39, 0.29) is 0 Å². The lowest BCUT2D eigenvalue weighted by molar-refractivity contribution is 0.669. The zero-order valence-electron chi connectivity index (χ0n) is 23.9. The van der Waals surface area contributed by atoms with Gasteiger partial charge in [-0.3, -0.25) is 0 Å². The highest BCUT2D eigenvalue weighted by atomic mass is 16.3. The van der Waals surface area contributed by atoms with Gasteiger partial charge < -0.3 is 8.98 Å². The van der Waals surface area contributed by atoms with Gasteiger partial charge in [-0.1, -0.05) is 133 Å². The number of hydrogen-bond donors (Lipinski definition) is 0. The predicted molar refractivity (Wildman–Crippen MR) is 184 cm³/mol. The standard InChI is InChI=1S/C42H27NO/c1-2-13-28(14-3-1)29-25-26-34-33-18-7-10-22-38(33)43(39(34)27-29)37-21-9-6-17-32(37)30-15-4-5-16-31(30)35-20-12-24-41-42(35)36-19-8-11-23-40(36)44-41/h1-27H. The molecule has 2 nitrogen and oxygen atoms in total. The molecule has 0 amide bonds. The number of benzene rings is 7. The van der Waals surface area contributed by atoms with E-state index in [1.165, 1.54) is 55.2 Å². The number of rotatable bonds is 4. The van der Waals surface area contributed by atoms with Crippen molar-refractivity contribution in [3.05, 3.63) is 164 Å². The van der Waals surface area contributed by atoms with Crippen LogP contribution in [0.1, 0.15) is 0 Å². The zero-order valence-corrected chi connectivity index (χ0v) is 23.9. The van der Waals surface area contributed by atoms with E-state index in [0.717, 1.165) is 27.6 Å². The quantitative estimate of drug-likeness (QED) is 0.209. The van der Waals surface area contributed by atoms with Crippen LogP contribution in [-0.2, 0) is 0 Å². The normalized spacial score (nSPS) is 11.6. The number of nitrogens with zero attached hydrogens (tertiary/aromatic N) is 1. The van der Waals surface area contributed by atoms with Crippen molar-refractivity contribution >= 4 is 43.7 Å². The van der Waals surface area contributed by atoms with Crippen LogP contribution in [-0.4, -0.2) is 4.57 Å². The van der Waals surface area contributed by atoms with Crippen LogP contribution in [0.25, 0.3) is 82.8 Å². The van der Waals surface area contributed by atoms with Gasteiger partial charge >= 0.3 is 0 Å². The van der Waals surface area contributed by atoms with Crippen LogP contribution in [0.3, 0.4) is 0 Å². The molecule has 2 heteroatoms. The molecule has 2 aromatic heterocycles. The van der Waals surface area contributed by atoms with E-state index < -0.39 is 0 Å². The molecule has 9 aromatic rings. The lowest BCUT2D eigenvalue weighted by Gasteiger charge is -2.17. The summed E-state index contributed by atoms with van der Waals surface area (Å²) in [6.07, 6.45) is 0. The van der Waals surface area contributed by atoms with Crippen molar-refractivity contribution < 1.29 is 4.42 Å². The van der Waals surface area contributed by atoms with Crippen molar-refractivity contribution in [2.24, 2.45) is 0 Å². The number of fused-ring (bicyclic) bond motifs is 6. The Morgan fingerprint density at radius 1 is 0.364 bits per heavy atom. The first-order chi connectivity index (χ1) is 21.8. The van der Waals surface area contributed by atoms with Crippen molar-refractivity contribution in [3.8, 4) is 39.1 Å². The molecule has 7 aromatic carbocycles. The summed E-state index contributed by atoms with van der Waals surface area (Å²) in [4.78, 5) is 0. The molecule has 44 heavy (non-hydrogen) atoms. The molecule has 2 heterocycles. The smallest absolute Gasteiger partial charge is 0.136 e. The Morgan fingerprint density at radius 2 is 0.977 bits per heavy atom. The fraction of sp³-hybridized carbons (Fsp3) is 0. The number of aromatic nitrogens is 1. The molecule has 0 aliphatic heterocycles. The van der Waals surface area contributed by atoms with E-state index in [1.807, 2.05) is 12.1 Å². The maximum absolute atomic E-state index is 6.28. The molecular weight excluding hydrogens is 534 g/mol. The van der Waals surface area contributed by atoms with E-state index in [9.17, 15) is 0 Å². The van der Waals surface area contributed by atoms with Gasteiger partial charge in [0.2, 0.25) is 0 Å². The molecule has 0 atom stereocenters. The van der Waals surface area contributed by atoms with Crippen molar-refractivity contribution in [1.82, 2.24) is 4.57 Å². The van der Waals surface area contributed by atoms with Crippen LogP contribution >= 0.6 is 0 Å². The summed E-state index contributed by atoms with van der Waals surface area (Å²) >= 11 is 0. The lowest BCUT2D eigenvalue weighted by Crippen LogP contribution is -1.98. The number of furan rings is 1. The third kappa shape index (κ3) is 3.75. The zero-order chi connectivity index (χ0) is 29.0. The summed E-state index contributed by atoms with van der Waals surface area (Å²) in [5.41, 5.74) is 12.5. The third-order valence-electron chi connectivity index (χ3n) is 8.84. The Hall–Kier alpha value is -5.86. The molecule has 206 valence electrons. The minimum atomic E-state index is 0.905. The van der Waals surface area contributed by atoms with Crippen molar-refractivity contribution in [1.29, 1.82) is 0 Å². The summed E-state index contributed by atoms with van der Waals surface area (Å²) in [5, 5.41) is 4.78. The maximum atomic E-state index is 6.28. The summed E-state index contributed by atoms with van der Waals surface area (Å²) in [6.45, 7) is 0. The van der Waals surface area contributed by atoms with Gasteiger partial charge in [0.05, 0.1) is 16.7 Å². The molecule has 0 saturated heterocycles. The Kier molecular flexibility index (Phi) is 5.54. The summed E-state index contributed by atoms with van der Waals surface area (Å²) in [5.74, 6) is 0. The highest BCUT2D eigenvalue weighted by Gasteiger charge is 2.19. The van der Waals surface area contributed by atoms with Crippen molar-refractivity contribution in [3.63, 3.8) is 0 Å². The molecule has 9 rings (SSSR count). The van der Waals surface area contributed by atoms with Crippen molar-refractivity contribution in [2.45, 2.75) is 0 Å². The highest BCUT2D eigenvalue weighted by molar-refractivity contribution is 6.14. The average Bonchev–Trinajstić information content (AvgIpc) is 3.64. The molecule has 0 unspecified atom stereocenters. The van der Waals surface area contributed by atoms with E-state index in [2.05, 4.69) is 156 Å². The Morgan fingerprint density at radius 3 is 1.84 bits per heavy atom. The van der Waals surface area contributed by atoms with Crippen LogP contribution in [0, 0.1) is 0 Å². The predicted octanol–water partition coefficient (Wildman–Crippen LogP) is 11.7. The average molecular weight is 562 g/mol. The third-order valence-corrected chi connectivity index (χ3v) is 8.84. The topological polar surface area (TPSA) is 18.1 Å². The van der Waals surface area contributed by atoms with E-state index in [0.29, 0.717) is 0 Å². The molecule has 0 fully saturated rings. The molecule has 0 aliphatic rings. The van der Waals surface area contributed by atoms with Crippen molar-refractivity contribution in [2.75, 3.05) is 0 Å². The van der Waals surface area contributed by atoms with Gasteiger partial charge in [-0.2, -0.15) is 0 Å². The van der Waals surface area contributed by atoms with Gasteiger partial charge in [0.15, 0.2) is 0 Å². The molecule has 0 saturated carbocycles. The van der Waals surface area contributed by atoms with E-state index in [4.69, 9.17) is 4.42 Å². The minimum absolute atomic E-state index is 0.905. The van der Waals surface area contributed by atoms with E-state index >= 15 is 0 Å². The second-order valence-corrected chi connectivity index (χ2v) is 11.3. The first-order valence-electron chi connectivity index (χ1n) is 15.0. The fourth-order valence-corrected chi connectivity index (χ4v) is 6.89. The molecule has 0 radical (unpaired) electrons. The highest BCUT2D eigenvalue weighted by Crippen LogP contribution is 2.43. The van der Waals surface area contributed by atoms with Gasteiger partial charge in [-0.15, -0.1) is 0 Å². The van der Waals surface area contributed by atoms with E-state index in [1.54, 1.807) is 0 Å². The van der Waals surface area contributed by atoms with Gasteiger partial charge in [-0.25, -0.2) is 0 Å². The Balaban J connectivity index is 1.33. The van der Waals surface area contributed by atoms with Crippen LogP contribution in [0.15, 0.2) is 168 Å². The van der Waals surface area contributed by atoms with Crippen LogP contribution in [0.5, 0.6) is 0 Å². The second kappa shape index (κ2) is 9.86. The Labute approximate surface area is 255 Å². The monoisotopic (exact) mass is 561 g/mol. The fourth-order valence-electron chi connectivity index (χ4n) is 6.89. The second-order valence-electron chi connectivity index (χ2n) is 11.3. The molecule has 0 N–H and O–H groups in total. The molecule has 0 spiro atoms. The minimum Gasteiger partial charge on any atom is -0.456 e. The van der Waals surface area contributed by atoms with Gasteiger partial charge in [0.25, 0.3) is 0 Å². The largest absolute Gasteiger partial charge is 0.456 e. The Bertz CT molecular complexity index is 2500. The molecular formula is C42H27NO. The van der Waals surface area contributed by atoms with Crippen LogP contribution < -0.4 is 0 Å². The SMILES string of the molecule is c1ccc(-c2ccc3c4ccccc4n(-c4ccccc4-c4ccccc4-c4cccc5oc6ccccc6c45)c3c2)cc1. The molecule has 0 bridgehead atoms. The van der Waals surface area contributed by atoms with Gasteiger partial charge in [-0.05, 0) is 58.1 Å².